The molecule has 3 rings (SSSR count). The average Bonchev–Trinajstić information content (AvgIpc) is 3.01. The average molecular weight is 406 g/mol. The number of rotatable bonds is 4. The van der Waals surface area contributed by atoms with Gasteiger partial charge in [0.2, 0.25) is 0 Å². The topological polar surface area (TPSA) is 111 Å². The number of amides is 2. The molecule has 8 nitrogen and oxygen atoms in total. The molecule has 10 heteroatoms. The molecule has 3 aromatic rings. The van der Waals surface area contributed by atoms with Crippen molar-refractivity contribution in [2.45, 2.75) is 0 Å². The number of hydrazine groups is 1. The molecule has 2 N–H and O–H groups in total. The number of nitrogens with zero attached hydrogens (tertiary/aromatic N) is 1. The van der Waals surface area contributed by atoms with Crippen LogP contribution in [-0.2, 0) is 0 Å². The zero-order chi connectivity index (χ0) is 19.6. The normalized spacial score (nSPS) is 10.4. The van der Waals surface area contributed by atoms with E-state index in [1.807, 2.05) is 0 Å². The fourth-order valence-corrected chi connectivity index (χ4v) is 3.74. The second kappa shape index (κ2) is 7.60. The monoisotopic (exact) mass is 405 g/mol. The van der Waals surface area contributed by atoms with Gasteiger partial charge in [-0.15, -0.1) is 11.3 Å². The summed E-state index contributed by atoms with van der Waals surface area (Å²) in [5, 5.41) is 11.6. The fraction of sp³-hybridized carbons (Fsp3) is 0.0588. The van der Waals surface area contributed by atoms with Crippen LogP contribution < -0.4 is 15.6 Å². The molecule has 27 heavy (non-hydrogen) atoms. The molecule has 0 saturated heterocycles. The summed E-state index contributed by atoms with van der Waals surface area (Å²) in [6.07, 6.45) is 0. The molecule has 0 saturated carbocycles. The molecular formula is C17H12ClN3O5S. The first kappa shape index (κ1) is 18.6. The van der Waals surface area contributed by atoms with Crippen LogP contribution >= 0.6 is 22.9 Å². The van der Waals surface area contributed by atoms with E-state index in [1.165, 1.54) is 31.4 Å². The number of ether oxygens (including phenoxy) is 1. The van der Waals surface area contributed by atoms with Gasteiger partial charge in [-0.1, -0.05) is 11.6 Å². The quantitative estimate of drug-likeness (QED) is 0.509. The number of methoxy groups -OCH3 is 1. The summed E-state index contributed by atoms with van der Waals surface area (Å²) in [6, 6.07) is 10.2. The minimum absolute atomic E-state index is 0.136. The van der Waals surface area contributed by atoms with Crippen LogP contribution in [0.5, 0.6) is 5.75 Å². The zero-order valence-electron chi connectivity index (χ0n) is 13.8. The Hall–Kier alpha value is -3.17. The van der Waals surface area contributed by atoms with Gasteiger partial charge < -0.3 is 4.74 Å². The number of hydrogen-bond donors (Lipinski definition) is 2. The maximum Gasteiger partial charge on any atom is 0.281 e. The Morgan fingerprint density at radius 3 is 2.41 bits per heavy atom. The van der Waals surface area contributed by atoms with E-state index < -0.39 is 16.7 Å². The largest absolute Gasteiger partial charge is 0.497 e. The summed E-state index contributed by atoms with van der Waals surface area (Å²) in [5.74, 6) is -0.550. The van der Waals surface area contributed by atoms with Crippen LogP contribution in [-0.4, -0.2) is 23.8 Å². The highest BCUT2D eigenvalue weighted by atomic mass is 35.5. The van der Waals surface area contributed by atoms with Crippen molar-refractivity contribution in [2.75, 3.05) is 7.11 Å². The van der Waals surface area contributed by atoms with E-state index in [4.69, 9.17) is 16.3 Å². The first-order valence-electron chi connectivity index (χ1n) is 7.52. The van der Waals surface area contributed by atoms with E-state index in [2.05, 4.69) is 10.9 Å². The highest BCUT2D eigenvalue weighted by Gasteiger charge is 2.18. The van der Waals surface area contributed by atoms with Crippen molar-refractivity contribution < 1.29 is 19.2 Å². The minimum atomic E-state index is -0.614. The van der Waals surface area contributed by atoms with Crippen LogP contribution in [0.25, 0.3) is 10.1 Å². The third kappa shape index (κ3) is 3.83. The number of benzene rings is 2. The highest BCUT2D eigenvalue weighted by molar-refractivity contribution is 7.21. The Labute approximate surface area is 161 Å². The molecular weight excluding hydrogens is 394 g/mol. The van der Waals surface area contributed by atoms with Crippen molar-refractivity contribution in [1.29, 1.82) is 0 Å². The standard InChI is InChI=1S/C17H12ClN3O5S/c1-26-11-6-7-12-13(8-11)27-15(14(12)18)17(23)20-19-16(22)9-2-4-10(5-3-9)21(24)25/h2-8H,1H3,(H,19,22)(H,20,23). The lowest BCUT2D eigenvalue weighted by Gasteiger charge is -2.06. The molecule has 0 aliphatic carbocycles. The van der Waals surface area contributed by atoms with Gasteiger partial charge in [-0.3, -0.25) is 30.6 Å². The summed E-state index contributed by atoms with van der Waals surface area (Å²) in [5.41, 5.74) is 4.57. The Bertz CT molecular complexity index is 1050. The van der Waals surface area contributed by atoms with Crippen LogP contribution in [0.1, 0.15) is 20.0 Å². The number of halogens is 1. The predicted molar refractivity (Wildman–Crippen MR) is 101 cm³/mol. The second-order valence-corrected chi connectivity index (χ2v) is 6.75. The van der Waals surface area contributed by atoms with Crippen molar-refractivity contribution in [3.8, 4) is 5.75 Å². The van der Waals surface area contributed by atoms with E-state index in [9.17, 15) is 19.7 Å². The van der Waals surface area contributed by atoms with Gasteiger partial charge >= 0.3 is 0 Å². The van der Waals surface area contributed by atoms with Crippen molar-refractivity contribution in [3.05, 3.63) is 68.0 Å². The van der Waals surface area contributed by atoms with Crippen LogP contribution in [0.15, 0.2) is 42.5 Å². The number of nitrogens with one attached hydrogen (secondary N) is 2. The lowest BCUT2D eigenvalue weighted by Crippen LogP contribution is -2.41. The molecule has 2 aromatic carbocycles. The van der Waals surface area contributed by atoms with Gasteiger partial charge in [0.05, 0.1) is 17.1 Å². The fourth-order valence-electron chi connectivity index (χ4n) is 2.30. The van der Waals surface area contributed by atoms with Crippen LogP contribution in [0.3, 0.4) is 0 Å². The molecule has 2 amide bonds. The van der Waals surface area contributed by atoms with Crippen LogP contribution in [0.2, 0.25) is 5.02 Å². The van der Waals surface area contributed by atoms with Crippen molar-refractivity contribution >= 4 is 50.5 Å². The van der Waals surface area contributed by atoms with E-state index in [0.29, 0.717) is 11.1 Å². The number of carbonyl (C=O) groups is 2. The summed E-state index contributed by atoms with van der Waals surface area (Å²) >= 11 is 7.42. The second-order valence-electron chi connectivity index (χ2n) is 5.32. The van der Waals surface area contributed by atoms with Gasteiger partial charge in [0, 0.05) is 27.8 Å². The Balaban J connectivity index is 1.71. The Kier molecular flexibility index (Phi) is 5.24. The molecule has 0 bridgehead atoms. The molecule has 0 unspecified atom stereocenters. The van der Waals surface area contributed by atoms with Crippen molar-refractivity contribution in [2.24, 2.45) is 0 Å². The minimum Gasteiger partial charge on any atom is -0.497 e. The number of hydrogen-bond acceptors (Lipinski definition) is 6. The maximum atomic E-state index is 12.3. The number of carbonyl (C=O) groups excluding carboxylic acids is 2. The maximum absolute atomic E-state index is 12.3. The summed E-state index contributed by atoms with van der Waals surface area (Å²) in [4.78, 5) is 34.7. The smallest absolute Gasteiger partial charge is 0.281 e. The summed E-state index contributed by atoms with van der Waals surface area (Å²) in [6.45, 7) is 0. The van der Waals surface area contributed by atoms with Crippen LogP contribution in [0.4, 0.5) is 5.69 Å². The van der Waals surface area contributed by atoms with Gasteiger partial charge in [0.25, 0.3) is 17.5 Å². The third-order valence-electron chi connectivity index (χ3n) is 3.67. The molecule has 0 radical (unpaired) electrons. The van der Waals surface area contributed by atoms with Gasteiger partial charge in [-0.2, -0.15) is 0 Å². The molecule has 0 fully saturated rings. The molecule has 1 aromatic heterocycles. The number of thiophene rings is 1. The zero-order valence-corrected chi connectivity index (χ0v) is 15.4. The molecule has 138 valence electrons. The number of nitro groups is 1. The SMILES string of the molecule is COc1ccc2c(Cl)c(C(=O)NNC(=O)c3ccc([N+](=O)[O-])cc3)sc2c1. The molecule has 1 heterocycles. The molecule has 0 aliphatic rings. The van der Waals surface area contributed by atoms with Crippen LogP contribution in [0, 0.1) is 10.1 Å². The van der Waals surface area contributed by atoms with Crippen molar-refractivity contribution in [3.63, 3.8) is 0 Å². The highest BCUT2D eigenvalue weighted by Crippen LogP contribution is 2.37. The third-order valence-corrected chi connectivity index (χ3v) is 5.33. The lowest BCUT2D eigenvalue weighted by atomic mass is 10.2. The van der Waals surface area contributed by atoms with Gasteiger partial charge in [0.15, 0.2) is 0 Å². The molecule has 0 aliphatic heterocycles. The van der Waals surface area contributed by atoms with E-state index >= 15 is 0 Å². The lowest BCUT2D eigenvalue weighted by molar-refractivity contribution is -0.384. The number of non-ortho nitro benzene ring substituents is 1. The Morgan fingerprint density at radius 2 is 1.78 bits per heavy atom. The van der Waals surface area contributed by atoms with Gasteiger partial charge in [-0.25, -0.2) is 0 Å². The van der Waals surface area contributed by atoms with E-state index in [-0.39, 0.29) is 21.2 Å². The van der Waals surface area contributed by atoms with Gasteiger partial charge in [0.1, 0.15) is 10.6 Å². The molecule has 0 atom stereocenters. The summed E-state index contributed by atoms with van der Waals surface area (Å²) < 4.78 is 5.92. The first-order valence-corrected chi connectivity index (χ1v) is 8.71. The van der Waals surface area contributed by atoms with E-state index in [1.54, 1.807) is 18.2 Å². The molecule has 0 spiro atoms. The van der Waals surface area contributed by atoms with E-state index in [0.717, 1.165) is 16.0 Å². The Morgan fingerprint density at radius 1 is 1.11 bits per heavy atom. The summed E-state index contributed by atoms with van der Waals surface area (Å²) in [7, 11) is 1.54. The first-order chi connectivity index (χ1) is 12.9. The number of fused-ring (bicyclic) bond motifs is 1. The predicted octanol–water partition coefficient (Wildman–Crippen LogP) is 3.55. The van der Waals surface area contributed by atoms with Gasteiger partial charge in [-0.05, 0) is 30.3 Å². The number of nitro benzene ring substituents is 1. The van der Waals surface area contributed by atoms with Crippen molar-refractivity contribution in [1.82, 2.24) is 10.9 Å².